The zero-order valence-electron chi connectivity index (χ0n) is 11.0. The van der Waals surface area contributed by atoms with Gasteiger partial charge < -0.3 is 10.6 Å². The van der Waals surface area contributed by atoms with Crippen LogP contribution in [0.3, 0.4) is 0 Å². The second kappa shape index (κ2) is 4.98. The van der Waals surface area contributed by atoms with Crippen LogP contribution in [0.25, 0.3) is 5.65 Å². The molecule has 2 aromatic rings. The molecule has 102 valence electrons. The van der Waals surface area contributed by atoms with Gasteiger partial charge in [-0.3, -0.25) is 0 Å². The number of nitrogens with two attached hydrogens (primary N) is 1. The van der Waals surface area contributed by atoms with Gasteiger partial charge in [-0.1, -0.05) is 18.5 Å². The lowest BCUT2D eigenvalue weighted by Gasteiger charge is -2.38. The molecular weight excluding hydrogens is 262 g/mol. The Labute approximate surface area is 117 Å². The molecule has 0 radical (unpaired) electrons. The number of fused-ring (bicyclic) bond motifs is 1. The van der Waals surface area contributed by atoms with Crippen LogP contribution < -0.4 is 10.6 Å². The van der Waals surface area contributed by atoms with E-state index in [1.165, 1.54) is 6.42 Å². The lowest BCUT2D eigenvalue weighted by Crippen LogP contribution is -2.49. The molecule has 0 aliphatic carbocycles. The van der Waals surface area contributed by atoms with Gasteiger partial charge in [-0.2, -0.15) is 4.98 Å². The summed E-state index contributed by atoms with van der Waals surface area (Å²) in [6, 6.07) is 4.03. The van der Waals surface area contributed by atoms with Crippen LogP contribution in [0.4, 0.5) is 5.95 Å². The molecule has 1 fully saturated rings. The van der Waals surface area contributed by atoms with E-state index in [4.69, 9.17) is 17.3 Å². The van der Waals surface area contributed by atoms with Crippen molar-refractivity contribution in [2.24, 2.45) is 11.7 Å². The molecular formula is C13H18ClN5. The Kier molecular flexibility index (Phi) is 3.33. The quantitative estimate of drug-likeness (QED) is 0.913. The van der Waals surface area contributed by atoms with Gasteiger partial charge in [0.25, 0.3) is 0 Å². The highest BCUT2D eigenvalue weighted by molar-refractivity contribution is 6.30. The third kappa shape index (κ3) is 2.28. The molecule has 1 aliphatic rings. The van der Waals surface area contributed by atoms with Crippen molar-refractivity contribution in [3.05, 3.63) is 23.4 Å². The fourth-order valence-corrected chi connectivity index (χ4v) is 2.98. The predicted molar refractivity (Wildman–Crippen MR) is 76.6 cm³/mol. The van der Waals surface area contributed by atoms with E-state index in [2.05, 4.69) is 21.9 Å². The first kappa shape index (κ1) is 12.7. The van der Waals surface area contributed by atoms with Gasteiger partial charge in [0.2, 0.25) is 5.95 Å². The van der Waals surface area contributed by atoms with Crippen molar-refractivity contribution >= 4 is 23.2 Å². The topological polar surface area (TPSA) is 59.5 Å². The monoisotopic (exact) mass is 279 g/mol. The van der Waals surface area contributed by atoms with Gasteiger partial charge in [-0.25, -0.2) is 4.52 Å². The van der Waals surface area contributed by atoms with E-state index in [1.807, 2.05) is 12.1 Å². The third-order valence-electron chi connectivity index (χ3n) is 3.90. The molecule has 3 rings (SSSR count). The molecule has 1 saturated heterocycles. The van der Waals surface area contributed by atoms with E-state index < -0.39 is 0 Å². The van der Waals surface area contributed by atoms with Crippen LogP contribution in [0.5, 0.6) is 0 Å². The fourth-order valence-electron chi connectivity index (χ4n) is 2.82. The first-order chi connectivity index (χ1) is 9.19. The minimum atomic E-state index is 0.321. The zero-order chi connectivity index (χ0) is 13.4. The molecule has 6 heteroatoms. The highest BCUT2D eigenvalue weighted by atomic mass is 35.5. The minimum absolute atomic E-state index is 0.321. The Morgan fingerprint density at radius 2 is 2.32 bits per heavy atom. The van der Waals surface area contributed by atoms with Crippen LogP contribution in [0, 0.1) is 5.92 Å². The maximum absolute atomic E-state index is 5.97. The van der Waals surface area contributed by atoms with Crippen LogP contribution in [-0.2, 0) is 0 Å². The van der Waals surface area contributed by atoms with E-state index >= 15 is 0 Å². The highest BCUT2D eigenvalue weighted by Gasteiger charge is 2.29. The number of rotatable bonds is 2. The van der Waals surface area contributed by atoms with Crippen LogP contribution in [0.15, 0.2) is 18.3 Å². The molecule has 2 aromatic heterocycles. The molecule has 0 aromatic carbocycles. The number of aromatic nitrogens is 3. The second-order valence-corrected chi connectivity index (χ2v) is 5.61. The van der Waals surface area contributed by atoms with Gasteiger partial charge in [0.1, 0.15) is 0 Å². The maximum Gasteiger partial charge on any atom is 0.245 e. The van der Waals surface area contributed by atoms with Gasteiger partial charge in [0.15, 0.2) is 5.65 Å². The van der Waals surface area contributed by atoms with Crippen molar-refractivity contribution in [3.8, 4) is 0 Å². The Morgan fingerprint density at radius 1 is 1.47 bits per heavy atom. The van der Waals surface area contributed by atoms with Crippen LogP contribution in [-0.4, -0.2) is 33.7 Å². The fraction of sp³-hybridized carbons (Fsp3) is 0.538. The summed E-state index contributed by atoms with van der Waals surface area (Å²) in [5.74, 6) is 1.33. The second-order valence-electron chi connectivity index (χ2n) is 5.18. The van der Waals surface area contributed by atoms with Crippen molar-refractivity contribution < 1.29 is 0 Å². The van der Waals surface area contributed by atoms with E-state index in [0.29, 0.717) is 23.5 Å². The van der Waals surface area contributed by atoms with Crippen LogP contribution in [0.1, 0.15) is 19.8 Å². The third-order valence-corrected chi connectivity index (χ3v) is 4.12. The normalized spacial score (nSPS) is 24.1. The zero-order valence-corrected chi connectivity index (χ0v) is 11.7. The van der Waals surface area contributed by atoms with Crippen molar-refractivity contribution in [1.29, 1.82) is 0 Å². The molecule has 5 nitrogen and oxygen atoms in total. The molecule has 19 heavy (non-hydrogen) atoms. The number of anilines is 1. The number of pyridine rings is 1. The average molecular weight is 280 g/mol. The molecule has 2 unspecified atom stereocenters. The Morgan fingerprint density at radius 3 is 3.11 bits per heavy atom. The summed E-state index contributed by atoms with van der Waals surface area (Å²) >= 11 is 5.97. The molecule has 0 saturated carbocycles. The summed E-state index contributed by atoms with van der Waals surface area (Å²) in [5.41, 5.74) is 6.73. The highest BCUT2D eigenvalue weighted by Crippen LogP contribution is 2.26. The Balaban J connectivity index is 1.98. The predicted octanol–water partition coefficient (Wildman–Crippen LogP) is 1.95. The van der Waals surface area contributed by atoms with Gasteiger partial charge >= 0.3 is 0 Å². The molecule has 2 atom stereocenters. The summed E-state index contributed by atoms with van der Waals surface area (Å²) in [4.78, 5) is 6.80. The van der Waals surface area contributed by atoms with Crippen LogP contribution in [0.2, 0.25) is 5.02 Å². The number of halogens is 1. The van der Waals surface area contributed by atoms with E-state index in [0.717, 1.165) is 24.6 Å². The van der Waals surface area contributed by atoms with Crippen molar-refractivity contribution in [2.45, 2.75) is 25.8 Å². The summed E-state index contributed by atoms with van der Waals surface area (Å²) in [5, 5.41) is 5.18. The van der Waals surface area contributed by atoms with Crippen molar-refractivity contribution in [3.63, 3.8) is 0 Å². The SMILES string of the molecule is CC1CCCN(c2nc3ccc(Cl)cn3n2)C1CN. The standard InChI is InChI=1S/C13H18ClN5/c1-9-3-2-6-18(11(9)7-15)13-16-12-5-4-10(14)8-19(12)17-13/h4-5,8-9,11H,2-3,6-7,15H2,1H3. The number of hydrogen-bond acceptors (Lipinski definition) is 4. The molecule has 1 aliphatic heterocycles. The number of hydrogen-bond donors (Lipinski definition) is 1. The molecule has 0 amide bonds. The van der Waals surface area contributed by atoms with Gasteiger partial charge in [0, 0.05) is 25.3 Å². The van der Waals surface area contributed by atoms with E-state index in [9.17, 15) is 0 Å². The van der Waals surface area contributed by atoms with Gasteiger partial charge in [0.05, 0.1) is 5.02 Å². The van der Waals surface area contributed by atoms with Gasteiger partial charge in [-0.05, 0) is 30.9 Å². The molecule has 2 N–H and O–H groups in total. The first-order valence-corrected chi connectivity index (χ1v) is 7.05. The summed E-state index contributed by atoms with van der Waals surface area (Å²) in [6.45, 7) is 3.85. The molecule has 0 spiro atoms. The van der Waals surface area contributed by atoms with Crippen LogP contribution >= 0.6 is 11.6 Å². The molecule has 3 heterocycles. The maximum atomic E-state index is 5.97. The average Bonchev–Trinajstić information content (AvgIpc) is 2.81. The van der Waals surface area contributed by atoms with E-state index in [-0.39, 0.29) is 0 Å². The Bertz CT molecular complexity index is 581. The van der Waals surface area contributed by atoms with Gasteiger partial charge in [-0.15, -0.1) is 5.10 Å². The van der Waals surface area contributed by atoms with E-state index in [1.54, 1.807) is 10.7 Å². The summed E-state index contributed by atoms with van der Waals surface area (Å²) in [7, 11) is 0. The van der Waals surface area contributed by atoms with Crippen molar-refractivity contribution in [2.75, 3.05) is 18.0 Å². The number of piperidine rings is 1. The Hall–Kier alpha value is -1.33. The number of nitrogens with zero attached hydrogens (tertiary/aromatic N) is 4. The lowest BCUT2D eigenvalue weighted by molar-refractivity contribution is 0.346. The summed E-state index contributed by atoms with van der Waals surface area (Å²) < 4.78 is 1.73. The minimum Gasteiger partial charge on any atom is -0.335 e. The summed E-state index contributed by atoms with van der Waals surface area (Å²) in [6.07, 6.45) is 4.16. The smallest absolute Gasteiger partial charge is 0.245 e. The first-order valence-electron chi connectivity index (χ1n) is 6.67. The molecule has 0 bridgehead atoms. The largest absolute Gasteiger partial charge is 0.335 e. The van der Waals surface area contributed by atoms with Crippen molar-refractivity contribution in [1.82, 2.24) is 14.6 Å². The lowest BCUT2D eigenvalue weighted by atomic mass is 9.91.